The first kappa shape index (κ1) is 15.0. The number of carbonyl (C=O) groups excluding carboxylic acids is 1. The van der Waals surface area contributed by atoms with Crippen LogP contribution in [0.2, 0.25) is 0 Å². The van der Waals surface area contributed by atoms with Crippen LogP contribution < -0.4 is 10.9 Å². The maximum atomic E-state index is 12.0. The zero-order valence-corrected chi connectivity index (χ0v) is 12.6. The van der Waals surface area contributed by atoms with Crippen LogP contribution in [-0.2, 0) is 17.8 Å². The number of pyridine rings is 2. The predicted octanol–water partition coefficient (Wildman–Crippen LogP) is 2.17. The number of carbonyl (C=O) groups is 1. The lowest BCUT2D eigenvalue weighted by atomic mass is 10.1. The highest BCUT2D eigenvalue weighted by Gasteiger charge is 2.06. The van der Waals surface area contributed by atoms with Gasteiger partial charge in [0.05, 0.1) is 0 Å². The number of amides is 1. The van der Waals surface area contributed by atoms with Crippen LogP contribution in [0.3, 0.4) is 0 Å². The molecule has 116 valence electrons. The molecule has 23 heavy (non-hydrogen) atoms. The van der Waals surface area contributed by atoms with Gasteiger partial charge in [-0.15, -0.1) is 0 Å². The molecule has 0 spiro atoms. The molecule has 0 aliphatic rings. The number of fused-ring (bicyclic) bond motifs is 1. The van der Waals surface area contributed by atoms with E-state index < -0.39 is 0 Å². The summed E-state index contributed by atoms with van der Waals surface area (Å²) in [6.45, 7) is 0.445. The fourth-order valence-electron chi connectivity index (χ4n) is 2.42. The molecule has 1 aromatic carbocycles. The number of aromatic nitrogens is 2. The van der Waals surface area contributed by atoms with Gasteiger partial charge in [-0.3, -0.25) is 14.6 Å². The molecule has 2 heterocycles. The highest BCUT2D eigenvalue weighted by Crippen LogP contribution is 2.11. The molecular formula is C18H17N3O2. The fraction of sp³-hybridized carbons (Fsp3) is 0.167. The third kappa shape index (κ3) is 3.83. The summed E-state index contributed by atoms with van der Waals surface area (Å²) < 4.78 is 0. The SMILES string of the molecule is O=C(CCc1cc2ccccc2[nH]c1=O)NCc1cccnc1. The van der Waals surface area contributed by atoms with Crippen molar-refractivity contribution < 1.29 is 4.79 Å². The first-order valence-corrected chi connectivity index (χ1v) is 7.49. The second-order valence-electron chi connectivity index (χ2n) is 5.35. The first-order valence-electron chi connectivity index (χ1n) is 7.49. The predicted molar refractivity (Wildman–Crippen MR) is 89.0 cm³/mol. The minimum absolute atomic E-state index is 0.0820. The van der Waals surface area contributed by atoms with Gasteiger partial charge in [-0.05, 0) is 35.6 Å². The second-order valence-corrected chi connectivity index (χ2v) is 5.35. The number of benzene rings is 1. The van der Waals surface area contributed by atoms with E-state index in [4.69, 9.17) is 0 Å². The number of H-pyrrole nitrogens is 1. The van der Waals surface area contributed by atoms with Crippen molar-refractivity contribution in [3.63, 3.8) is 0 Å². The molecule has 5 heteroatoms. The van der Waals surface area contributed by atoms with E-state index in [0.717, 1.165) is 16.5 Å². The Hall–Kier alpha value is -2.95. The van der Waals surface area contributed by atoms with Gasteiger partial charge in [-0.2, -0.15) is 0 Å². The number of nitrogens with zero attached hydrogens (tertiary/aromatic N) is 1. The Labute approximate surface area is 133 Å². The van der Waals surface area contributed by atoms with Crippen LogP contribution >= 0.6 is 0 Å². The molecule has 0 fully saturated rings. The van der Waals surface area contributed by atoms with Gasteiger partial charge in [0.1, 0.15) is 0 Å². The van der Waals surface area contributed by atoms with E-state index in [1.807, 2.05) is 42.5 Å². The highest BCUT2D eigenvalue weighted by molar-refractivity contribution is 5.79. The number of para-hydroxylation sites is 1. The molecule has 0 saturated heterocycles. The number of hydrogen-bond acceptors (Lipinski definition) is 3. The molecule has 2 aromatic heterocycles. The van der Waals surface area contributed by atoms with Crippen LogP contribution in [0, 0.1) is 0 Å². The van der Waals surface area contributed by atoms with Crippen molar-refractivity contribution in [2.24, 2.45) is 0 Å². The number of aryl methyl sites for hydroxylation is 1. The quantitative estimate of drug-likeness (QED) is 0.758. The summed E-state index contributed by atoms with van der Waals surface area (Å²) in [5, 5.41) is 3.80. The van der Waals surface area contributed by atoms with Gasteiger partial charge in [0.15, 0.2) is 0 Å². The van der Waals surface area contributed by atoms with E-state index in [1.54, 1.807) is 12.4 Å². The summed E-state index contributed by atoms with van der Waals surface area (Å²) in [7, 11) is 0. The van der Waals surface area contributed by atoms with E-state index in [2.05, 4.69) is 15.3 Å². The molecule has 1 amide bonds. The van der Waals surface area contributed by atoms with Crippen molar-refractivity contribution in [2.45, 2.75) is 19.4 Å². The van der Waals surface area contributed by atoms with Gasteiger partial charge < -0.3 is 10.3 Å². The van der Waals surface area contributed by atoms with E-state index in [-0.39, 0.29) is 17.9 Å². The van der Waals surface area contributed by atoms with Gasteiger partial charge in [0.2, 0.25) is 5.91 Å². The molecule has 0 saturated carbocycles. The van der Waals surface area contributed by atoms with Crippen molar-refractivity contribution >= 4 is 16.8 Å². The van der Waals surface area contributed by atoms with Crippen molar-refractivity contribution in [3.8, 4) is 0 Å². The van der Waals surface area contributed by atoms with Crippen LogP contribution in [0.4, 0.5) is 0 Å². The van der Waals surface area contributed by atoms with Crippen molar-refractivity contribution in [1.29, 1.82) is 0 Å². The molecule has 0 bridgehead atoms. The average Bonchev–Trinajstić information content (AvgIpc) is 2.59. The molecule has 5 nitrogen and oxygen atoms in total. The monoisotopic (exact) mass is 307 g/mol. The smallest absolute Gasteiger partial charge is 0.251 e. The molecule has 0 aliphatic heterocycles. The third-order valence-electron chi connectivity index (χ3n) is 3.66. The average molecular weight is 307 g/mol. The van der Waals surface area contributed by atoms with E-state index >= 15 is 0 Å². The van der Waals surface area contributed by atoms with Crippen molar-refractivity contribution in [3.05, 3.63) is 76.3 Å². The Kier molecular flexibility index (Phi) is 4.47. The van der Waals surface area contributed by atoms with Crippen LogP contribution in [0.5, 0.6) is 0 Å². The minimum atomic E-state index is -0.135. The highest BCUT2D eigenvalue weighted by atomic mass is 16.1. The summed E-state index contributed by atoms with van der Waals surface area (Å²) >= 11 is 0. The van der Waals surface area contributed by atoms with Crippen LogP contribution in [0.1, 0.15) is 17.5 Å². The van der Waals surface area contributed by atoms with Gasteiger partial charge in [-0.25, -0.2) is 0 Å². The van der Waals surface area contributed by atoms with E-state index in [9.17, 15) is 9.59 Å². The lowest BCUT2D eigenvalue weighted by Gasteiger charge is -2.06. The summed E-state index contributed by atoms with van der Waals surface area (Å²) in [5.41, 5.74) is 2.25. The number of aromatic amines is 1. The number of rotatable bonds is 5. The zero-order chi connectivity index (χ0) is 16.1. The molecule has 3 aromatic rings. The van der Waals surface area contributed by atoms with Crippen LogP contribution in [-0.4, -0.2) is 15.9 Å². The largest absolute Gasteiger partial charge is 0.352 e. The zero-order valence-electron chi connectivity index (χ0n) is 12.6. The van der Waals surface area contributed by atoms with Crippen LogP contribution in [0.15, 0.2) is 59.7 Å². The minimum Gasteiger partial charge on any atom is -0.352 e. The standard InChI is InChI=1S/C18H17N3O2/c22-17(20-12-13-4-3-9-19-11-13)8-7-15-10-14-5-1-2-6-16(14)21-18(15)23/h1-6,9-11H,7-8,12H2,(H,20,22)(H,21,23). The lowest BCUT2D eigenvalue weighted by molar-refractivity contribution is -0.121. The lowest BCUT2D eigenvalue weighted by Crippen LogP contribution is -2.24. The maximum absolute atomic E-state index is 12.0. The second kappa shape index (κ2) is 6.87. The van der Waals surface area contributed by atoms with Gasteiger partial charge in [-0.1, -0.05) is 24.3 Å². The van der Waals surface area contributed by atoms with Gasteiger partial charge in [0, 0.05) is 36.4 Å². The molecule has 3 rings (SSSR count). The molecule has 0 radical (unpaired) electrons. The normalized spacial score (nSPS) is 10.6. The molecular weight excluding hydrogens is 290 g/mol. The molecule has 0 unspecified atom stereocenters. The number of nitrogens with one attached hydrogen (secondary N) is 2. The Bertz CT molecular complexity index is 872. The summed E-state index contributed by atoms with van der Waals surface area (Å²) in [6.07, 6.45) is 4.10. The Balaban J connectivity index is 1.60. The van der Waals surface area contributed by atoms with Crippen molar-refractivity contribution in [1.82, 2.24) is 15.3 Å². The summed E-state index contributed by atoms with van der Waals surface area (Å²) in [6, 6.07) is 13.2. The number of hydrogen-bond donors (Lipinski definition) is 2. The molecule has 2 N–H and O–H groups in total. The van der Waals surface area contributed by atoms with E-state index in [1.165, 1.54) is 0 Å². The van der Waals surface area contributed by atoms with E-state index in [0.29, 0.717) is 18.5 Å². The summed E-state index contributed by atoms with van der Waals surface area (Å²) in [4.78, 5) is 30.8. The topological polar surface area (TPSA) is 74.8 Å². The van der Waals surface area contributed by atoms with Crippen LogP contribution in [0.25, 0.3) is 10.9 Å². The third-order valence-corrected chi connectivity index (χ3v) is 3.66. The Morgan fingerprint density at radius 2 is 2.04 bits per heavy atom. The van der Waals surface area contributed by atoms with Gasteiger partial charge in [0.25, 0.3) is 5.56 Å². The first-order chi connectivity index (χ1) is 11.2. The fourth-order valence-corrected chi connectivity index (χ4v) is 2.42. The van der Waals surface area contributed by atoms with Gasteiger partial charge >= 0.3 is 0 Å². The molecule has 0 atom stereocenters. The molecule has 0 aliphatic carbocycles. The van der Waals surface area contributed by atoms with Crippen molar-refractivity contribution in [2.75, 3.05) is 0 Å². The Morgan fingerprint density at radius 3 is 2.87 bits per heavy atom. The Morgan fingerprint density at radius 1 is 1.17 bits per heavy atom. The summed E-state index contributed by atoms with van der Waals surface area (Å²) in [5.74, 6) is -0.0820. The maximum Gasteiger partial charge on any atom is 0.251 e.